The molecule has 0 fully saturated rings. The lowest BCUT2D eigenvalue weighted by atomic mass is 9.82. The van der Waals surface area contributed by atoms with Crippen LogP contribution in [0.3, 0.4) is 0 Å². The summed E-state index contributed by atoms with van der Waals surface area (Å²) in [6, 6.07) is 4.53. The van der Waals surface area contributed by atoms with Gasteiger partial charge in [-0.1, -0.05) is 52.3 Å². The smallest absolute Gasteiger partial charge is 0.133 e. The molecule has 0 aliphatic rings. The molecule has 1 nitrogen and oxygen atoms in total. The van der Waals surface area contributed by atoms with Gasteiger partial charge in [-0.3, -0.25) is 4.79 Å². The van der Waals surface area contributed by atoms with Gasteiger partial charge in [0, 0.05) is 12.8 Å². The Balaban J connectivity index is 3.03. The molecule has 0 aromatic heterocycles. The van der Waals surface area contributed by atoms with Crippen LogP contribution in [0.5, 0.6) is 0 Å². The van der Waals surface area contributed by atoms with Crippen LogP contribution in [-0.4, -0.2) is 5.78 Å². The number of hydrogen-bond acceptors (Lipinski definition) is 1. The lowest BCUT2D eigenvalue weighted by molar-refractivity contribution is -0.120. The summed E-state index contributed by atoms with van der Waals surface area (Å²) in [6.07, 6.45) is 1.37. The highest BCUT2D eigenvalue weighted by molar-refractivity contribution is 5.79. The van der Waals surface area contributed by atoms with Crippen molar-refractivity contribution in [2.45, 2.75) is 73.1 Å². The Hall–Kier alpha value is -1.11. The third-order valence-electron chi connectivity index (χ3n) is 3.85. The molecule has 0 aliphatic carbocycles. The minimum absolute atomic E-state index is 0.319. The van der Waals surface area contributed by atoms with Gasteiger partial charge in [-0.2, -0.15) is 0 Å². The number of hydrogen-bond donors (Lipinski definition) is 0. The largest absolute Gasteiger partial charge is 0.300 e. The maximum atomic E-state index is 12.1. The first kappa shape index (κ1) is 16.9. The molecule has 0 bridgehead atoms. The van der Waals surface area contributed by atoms with Crippen LogP contribution >= 0.6 is 0 Å². The van der Waals surface area contributed by atoms with E-state index < -0.39 is 0 Å². The van der Waals surface area contributed by atoms with Gasteiger partial charge in [0.15, 0.2) is 0 Å². The predicted molar refractivity (Wildman–Crippen MR) is 87.5 cm³/mol. The Labute approximate surface area is 124 Å². The second kappa shape index (κ2) is 7.06. The molecule has 1 rings (SSSR count). The van der Waals surface area contributed by atoms with Gasteiger partial charge in [0.05, 0.1) is 0 Å². The van der Waals surface area contributed by atoms with E-state index in [2.05, 4.69) is 60.6 Å². The maximum absolute atomic E-state index is 12.1. The molecule has 1 aromatic rings. The second-order valence-electron chi connectivity index (χ2n) is 6.98. The lowest BCUT2D eigenvalue weighted by Crippen LogP contribution is -2.11. The Morgan fingerprint density at radius 1 is 1.00 bits per heavy atom. The first-order valence-electron chi connectivity index (χ1n) is 7.85. The fourth-order valence-corrected chi connectivity index (χ4v) is 3.14. The zero-order valence-electron chi connectivity index (χ0n) is 14.2. The fourth-order valence-electron chi connectivity index (χ4n) is 3.14. The van der Waals surface area contributed by atoms with Crippen molar-refractivity contribution in [1.29, 1.82) is 0 Å². The van der Waals surface area contributed by atoms with Crippen molar-refractivity contribution in [3.8, 4) is 0 Å². The summed E-state index contributed by atoms with van der Waals surface area (Å²) in [4.78, 5) is 12.1. The number of aryl methyl sites for hydroxylation is 2. The molecular formula is C19H30O. The van der Waals surface area contributed by atoms with Crippen molar-refractivity contribution in [3.05, 3.63) is 34.4 Å². The van der Waals surface area contributed by atoms with E-state index in [0.717, 1.165) is 0 Å². The minimum Gasteiger partial charge on any atom is -0.300 e. The highest BCUT2D eigenvalue weighted by Crippen LogP contribution is 2.32. The Morgan fingerprint density at radius 2 is 1.60 bits per heavy atom. The number of carbonyl (C=O) groups excluding carboxylic acids is 1. The van der Waals surface area contributed by atoms with Crippen LogP contribution in [0.15, 0.2) is 12.1 Å². The van der Waals surface area contributed by atoms with Gasteiger partial charge in [0.1, 0.15) is 5.78 Å². The van der Waals surface area contributed by atoms with E-state index in [-0.39, 0.29) is 0 Å². The Kier molecular flexibility index (Phi) is 5.98. The van der Waals surface area contributed by atoms with Gasteiger partial charge < -0.3 is 0 Å². The molecule has 0 aliphatic heterocycles. The summed E-state index contributed by atoms with van der Waals surface area (Å²) in [6.45, 7) is 15.2. The topological polar surface area (TPSA) is 17.1 Å². The van der Waals surface area contributed by atoms with E-state index in [4.69, 9.17) is 0 Å². The van der Waals surface area contributed by atoms with Crippen molar-refractivity contribution in [2.24, 2.45) is 5.92 Å². The molecule has 1 heteroatoms. The van der Waals surface area contributed by atoms with Crippen LogP contribution in [0.25, 0.3) is 0 Å². The molecule has 1 aromatic carbocycles. The van der Waals surface area contributed by atoms with Crippen molar-refractivity contribution >= 4 is 5.78 Å². The molecule has 112 valence electrons. The molecule has 0 heterocycles. The van der Waals surface area contributed by atoms with Gasteiger partial charge >= 0.3 is 0 Å². The number of carbonyl (C=O) groups is 1. The summed E-state index contributed by atoms with van der Waals surface area (Å²) in [7, 11) is 0. The van der Waals surface area contributed by atoms with Crippen LogP contribution in [0.2, 0.25) is 0 Å². The van der Waals surface area contributed by atoms with Crippen LogP contribution in [0.4, 0.5) is 0 Å². The molecule has 1 atom stereocenters. The SMILES string of the molecule is Cc1cc(C)c(C(C)CC(=O)CC(C)C)c(C(C)C)c1. The summed E-state index contributed by atoms with van der Waals surface area (Å²) in [5, 5.41) is 0. The van der Waals surface area contributed by atoms with Crippen molar-refractivity contribution in [1.82, 2.24) is 0 Å². The molecule has 0 saturated heterocycles. The zero-order valence-corrected chi connectivity index (χ0v) is 14.2. The van der Waals surface area contributed by atoms with E-state index >= 15 is 0 Å². The van der Waals surface area contributed by atoms with E-state index in [1.54, 1.807) is 0 Å². The number of Topliss-reactive ketones (excluding diaryl/α,β-unsaturated/α-hetero) is 1. The van der Waals surface area contributed by atoms with Crippen LogP contribution in [0, 0.1) is 19.8 Å². The maximum Gasteiger partial charge on any atom is 0.133 e. The molecule has 0 N–H and O–H groups in total. The molecule has 0 saturated carbocycles. The predicted octanol–water partition coefficient (Wildman–Crippen LogP) is 5.54. The Bertz CT molecular complexity index is 469. The molecule has 1 unspecified atom stereocenters. The standard InChI is InChI=1S/C19H30O/c1-12(2)8-17(20)11-16(7)19-15(6)9-14(5)10-18(19)13(3)4/h9-10,12-13,16H,8,11H2,1-7H3. The number of ketones is 1. The van der Waals surface area contributed by atoms with E-state index in [1.807, 2.05) is 0 Å². The normalized spacial score (nSPS) is 13.1. The van der Waals surface area contributed by atoms with Gasteiger partial charge in [-0.15, -0.1) is 0 Å². The molecule has 0 radical (unpaired) electrons. The summed E-state index contributed by atoms with van der Waals surface area (Å²) in [5.74, 6) is 1.67. The highest BCUT2D eigenvalue weighted by Gasteiger charge is 2.19. The average Bonchev–Trinajstić information content (AvgIpc) is 2.25. The van der Waals surface area contributed by atoms with Gasteiger partial charge in [-0.05, 0) is 48.3 Å². The quantitative estimate of drug-likeness (QED) is 0.666. The van der Waals surface area contributed by atoms with E-state index in [1.165, 1.54) is 22.3 Å². The van der Waals surface area contributed by atoms with E-state index in [9.17, 15) is 4.79 Å². The summed E-state index contributed by atoms with van der Waals surface area (Å²) < 4.78 is 0. The fraction of sp³-hybridized carbons (Fsp3) is 0.632. The number of rotatable bonds is 6. The van der Waals surface area contributed by atoms with Crippen molar-refractivity contribution in [2.75, 3.05) is 0 Å². The Morgan fingerprint density at radius 3 is 2.10 bits per heavy atom. The lowest BCUT2D eigenvalue weighted by Gasteiger charge is -2.22. The van der Waals surface area contributed by atoms with E-state index in [0.29, 0.717) is 36.4 Å². The molecule has 0 amide bonds. The third-order valence-corrected chi connectivity index (χ3v) is 3.85. The molecule has 0 spiro atoms. The van der Waals surface area contributed by atoms with Crippen LogP contribution in [0.1, 0.15) is 81.5 Å². The second-order valence-corrected chi connectivity index (χ2v) is 6.98. The zero-order chi connectivity index (χ0) is 15.4. The highest BCUT2D eigenvalue weighted by atomic mass is 16.1. The minimum atomic E-state index is 0.319. The van der Waals surface area contributed by atoms with Gasteiger partial charge in [-0.25, -0.2) is 0 Å². The van der Waals surface area contributed by atoms with Crippen LogP contribution in [-0.2, 0) is 4.79 Å². The van der Waals surface area contributed by atoms with Crippen molar-refractivity contribution in [3.63, 3.8) is 0 Å². The monoisotopic (exact) mass is 274 g/mol. The third kappa shape index (κ3) is 4.47. The first-order valence-corrected chi connectivity index (χ1v) is 7.85. The molecule has 20 heavy (non-hydrogen) atoms. The first-order chi connectivity index (χ1) is 9.22. The van der Waals surface area contributed by atoms with Crippen molar-refractivity contribution < 1.29 is 4.79 Å². The van der Waals surface area contributed by atoms with Gasteiger partial charge in [0.2, 0.25) is 0 Å². The summed E-state index contributed by atoms with van der Waals surface area (Å²) in [5.41, 5.74) is 5.45. The van der Waals surface area contributed by atoms with Crippen LogP contribution < -0.4 is 0 Å². The van der Waals surface area contributed by atoms with Gasteiger partial charge in [0.25, 0.3) is 0 Å². The average molecular weight is 274 g/mol. The number of benzene rings is 1. The summed E-state index contributed by atoms with van der Waals surface area (Å²) >= 11 is 0. The molecular weight excluding hydrogens is 244 g/mol.